The van der Waals surface area contributed by atoms with Gasteiger partial charge in [-0.3, -0.25) is 0 Å². The molecule has 1 nitrogen and oxygen atoms in total. The van der Waals surface area contributed by atoms with E-state index in [1.807, 2.05) is 12.1 Å². The fraction of sp³-hybridized carbons (Fsp3) is 0.333. The van der Waals surface area contributed by atoms with Crippen LogP contribution in [0.25, 0.3) is 0 Å². The van der Waals surface area contributed by atoms with Crippen LogP contribution in [0.15, 0.2) is 36.4 Å². The second kappa shape index (κ2) is 5.76. The maximum atomic E-state index is 13.7. The van der Waals surface area contributed by atoms with Crippen molar-refractivity contribution < 1.29 is 4.39 Å². The molecule has 2 aromatic rings. The summed E-state index contributed by atoms with van der Waals surface area (Å²) in [5.74, 6) is 0.367. The minimum absolute atomic E-state index is 0.142. The fourth-order valence-electron chi connectivity index (χ4n) is 2.44. The Kier molecular flexibility index (Phi) is 4.24. The van der Waals surface area contributed by atoms with Crippen molar-refractivity contribution in [1.29, 1.82) is 0 Å². The van der Waals surface area contributed by atoms with Crippen molar-refractivity contribution in [2.75, 3.05) is 0 Å². The predicted molar refractivity (Wildman–Crippen MR) is 82.4 cm³/mol. The van der Waals surface area contributed by atoms with E-state index in [4.69, 9.17) is 5.73 Å². The maximum Gasteiger partial charge on any atom is 0.129 e. The maximum absolute atomic E-state index is 13.7. The third-order valence-electron chi connectivity index (χ3n) is 3.78. The van der Waals surface area contributed by atoms with Crippen LogP contribution in [0.2, 0.25) is 0 Å². The number of hydrogen-bond acceptors (Lipinski definition) is 1. The van der Waals surface area contributed by atoms with Crippen LogP contribution in [0.5, 0.6) is 0 Å². The third kappa shape index (κ3) is 2.91. The van der Waals surface area contributed by atoms with E-state index in [1.165, 1.54) is 5.56 Å². The molecule has 0 heterocycles. The predicted octanol–water partition coefficient (Wildman–Crippen LogP) is 4.61. The lowest BCUT2D eigenvalue weighted by molar-refractivity contribution is 0.607. The van der Waals surface area contributed by atoms with E-state index in [2.05, 4.69) is 38.1 Å². The Balaban J connectivity index is 2.33. The van der Waals surface area contributed by atoms with Crippen molar-refractivity contribution in [3.05, 3.63) is 70.0 Å². The van der Waals surface area contributed by atoms with Crippen LogP contribution in [0.1, 0.15) is 53.6 Å². The van der Waals surface area contributed by atoms with Gasteiger partial charge in [0.25, 0.3) is 0 Å². The summed E-state index contributed by atoms with van der Waals surface area (Å²) in [7, 11) is 0. The highest BCUT2D eigenvalue weighted by Crippen LogP contribution is 2.25. The normalized spacial score (nSPS) is 12.8. The van der Waals surface area contributed by atoms with E-state index < -0.39 is 0 Å². The molecule has 0 aliphatic rings. The van der Waals surface area contributed by atoms with Gasteiger partial charge in [-0.05, 0) is 47.6 Å². The number of rotatable bonds is 3. The molecule has 2 heteroatoms. The summed E-state index contributed by atoms with van der Waals surface area (Å²) in [4.78, 5) is 0. The van der Waals surface area contributed by atoms with Crippen LogP contribution in [-0.2, 0) is 0 Å². The molecular formula is C18H22FN. The molecule has 0 spiro atoms. The van der Waals surface area contributed by atoms with Gasteiger partial charge >= 0.3 is 0 Å². The molecule has 0 aliphatic heterocycles. The van der Waals surface area contributed by atoms with Crippen molar-refractivity contribution in [1.82, 2.24) is 0 Å². The van der Waals surface area contributed by atoms with Gasteiger partial charge in [-0.2, -0.15) is 0 Å². The summed E-state index contributed by atoms with van der Waals surface area (Å²) in [6.45, 7) is 7.89. The smallest absolute Gasteiger partial charge is 0.129 e. The SMILES string of the molecule is Cc1cc(C(N)c2ccc(C(C)C)cc2)cc(C)c1F. The molecule has 1 unspecified atom stereocenters. The summed E-state index contributed by atoms with van der Waals surface area (Å²) >= 11 is 0. The first-order valence-corrected chi connectivity index (χ1v) is 7.02. The monoisotopic (exact) mass is 271 g/mol. The molecule has 2 rings (SSSR count). The van der Waals surface area contributed by atoms with E-state index in [9.17, 15) is 4.39 Å². The highest BCUT2D eigenvalue weighted by Gasteiger charge is 2.12. The minimum atomic E-state index is -0.214. The first-order valence-electron chi connectivity index (χ1n) is 7.02. The van der Waals surface area contributed by atoms with Crippen LogP contribution in [0.3, 0.4) is 0 Å². The van der Waals surface area contributed by atoms with E-state index in [-0.39, 0.29) is 11.9 Å². The van der Waals surface area contributed by atoms with Gasteiger partial charge in [0.05, 0.1) is 6.04 Å². The number of hydrogen-bond donors (Lipinski definition) is 1. The number of benzene rings is 2. The molecule has 106 valence electrons. The summed E-state index contributed by atoms with van der Waals surface area (Å²) < 4.78 is 13.7. The fourth-order valence-corrected chi connectivity index (χ4v) is 2.44. The lowest BCUT2D eigenvalue weighted by atomic mass is 9.94. The zero-order valence-corrected chi connectivity index (χ0v) is 12.6. The first-order chi connectivity index (χ1) is 9.40. The molecule has 0 aliphatic carbocycles. The molecule has 0 radical (unpaired) electrons. The van der Waals surface area contributed by atoms with Crippen LogP contribution in [0.4, 0.5) is 4.39 Å². The second-order valence-corrected chi connectivity index (χ2v) is 5.77. The van der Waals surface area contributed by atoms with Crippen molar-refractivity contribution in [2.45, 2.75) is 39.7 Å². The average molecular weight is 271 g/mol. The number of nitrogens with two attached hydrogens (primary N) is 1. The van der Waals surface area contributed by atoms with Crippen molar-refractivity contribution in [3.63, 3.8) is 0 Å². The topological polar surface area (TPSA) is 26.0 Å². The Bertz CT molecular complexity index is 576. The van der Waals surface area contributed by atoms with E-state index in [0.717, 1.165) is 11.1 Å². The Labute approximate surface area is 120 Å². The quantitative estimate of drug-likeness (QED) is 0.866. The molecule has 2 aromatic carbocycles. The van der Waals surface area contributed by atoms with E-state index in [1.54, 1.807) is 13.8 Å². The Hall–Kier alpha value is -1.67. The first kappa shape index (κ1) is 14.7. The molecule has 0 fully saturated rings. The Morgan fingerprint density at radius 2 is 1.30 bits per heavy atom. The van der Waals surface area contributed by atoms with Gasteiger partial charge in [0.2, 0.25) is 0 Å². The highest BCUT2D eigenvalue weighted by molar-refractivity contribution is 5.38. The Morgan fingerprint density at radius 1 is 0.850 bits per heavy atom. The van der Waals surface area contributed by atoms with Crippen molar-refractivity contribution in [2.24, 2.45) is 5.73 Å². The second-order valence-electron chi connectivity index (χ2n) is 5.77. The molecule has 0 saturated heterocycles. The molecule has 1 atom stereocenters. The molecule has 0 saturated carbocycles. The minimum Gasteiger partial charge on any atom is -0.320 e. The van der Waals surface area contributed by atoms with Crippen LogP contribution in [-0.4, -0.2) is 0 Å². The third-order valence-corrected chi connectivity index (χ3v) is 3.78. The van der Waals surface area contributed by atoms with Crippen molar-refractivity contribution >= 4 is 0 Å². The highest BCUT2D eigenvalue weighted by atomic mass is 19.1. The summed E-state index contributed by atoms with van der Waals surface area (Å²) in [5.41, 5.74) is 10.9. The van der Waals surface area contributed by atoms with E-state index >= 15 is 0 Å². The zero-order chi connectivity index (χ0) is 14.9. The van der Waals surface area contributed by atoms with Gasteiger partial charge in [0, 0.05) is 0 Å². The summed E-state index contributed by atoms with van der Waals surface area (Å²) in [6, 6.07) is 11.8. The summed E-state index contributed by atoms with van der Waals surface area (Å²) in [6.07, 6.45) is 0. The molecule has 20 heavy (non-hydrogen) atoms. The van der Waals surface area contributed by atoms with Gasteiger partial charge in [-0.1, -0.05) is 50.2 Å². The molecule has 0 bridgehead atoms. The molecular weight excluding hydrogens is 249 g/mol. The van der Waals surface area contributed by atoms with Crippen LogP contribution in [0, 0.1) is 19.7 Å². The van der Waals surface area contributed by atoms with E-state index in [0.29, 0.717) is 17.0 Å². The van der Waals surface area contributed by atoms with Crippen LogP contribution < -0.4 is 5.73 Å². The van der Waals surface area contributed by atoms with Crippen molar-refractivity contribution in [3.8, 4) is 0 Å². The Morgan fingerprint density at radius 3 is 1.75 bits per heavy atom. The number of aryl methyl sites for hydroxylation is 2. The molecule has 2 N–H and O–H groups in total. The van der Waals surface area contributed by atoms with Gasteiger partial charge in [0.1, 0.15) is 5.82 Å². The lowest BCUT2D eigenvalue weighted by Gasteiger charge is -2.16. The summed E-state index contributed by atoms with van der Waals surface area (Å²) in [5, 5.41) is 0. The van der Waals surface area contributed by atoms with Gasteiger partial charge in [-0.15, -0.1) is 0 Å². The number of halogens is 1. The van der Waals surface area contributed by atoms with Gasteiger partial charge in [0.15, 0.2) is 0 Å². The zero-order valence-electron chi connectivity index (χ0n) is 12.6. The average Bonchev–Trinajstić information content (AvgIpc) is 2.43. The van der Waals surface area contributed by atoms with Crippen LogP contribution >= 0.6 is 0 Å². The standard InChI is InChI=1S/C18H22FN/c1-11(2)14-5-7-15(8-6-14)18(20)16-9-12(3)17(19)13(4)10-16/h5-11,18H,20H2,1-4H3. The van der Waals surface area contributed by atoms with Gasteiger partial charge < -0.3 is 5.73 Å². The largest absolute Gasteiger partial charge is 0.320 e. The van der Waals surface area contributed by atoms with Gasteiger partial charge in [-0.25, -0.2) is 4.39 Å². The lowest BCUT2D eigenvalue weighted by Crippen LogP contribution is -2.13. The molecule has 0 aromatic heterocycles. The molecule has 0 amide bonds.